The van der Waals surface area contributed by atoms with Crippen molar-refractivity contribution in [3.8, 4) is 0 Å². The summed E-state index contributed by atoms with van der Waals surface area (Å²) >= 11 is 0. The van der Waals surface area contributed by atoms with Gasteiger partial charge in [0, 0.05) is 0 Å². The Bertz CT molecular complexity index is 356. The topological polar surface area (TPSA) is 29.1 Å². The Morgan fingerprint density at radius 1 is 1.29 bits per heavy atom. The van der Waals surface area contributed by atoms with Crippen molar-refractivity contribution in [2.24, 2.45) is 5.92 Å². The minimum Gasteiger partial charge on any atom is -0.349 e. The number of benzene rings is 1. The zero-order chi connectivity index (χ0) is 9.97. The highest BCUT2D eigenvalue weighted by molar-refractivity contribution is 5.86. The van der Waals surface area contributed by atoms with E-state index in [1.807, 2.05) is 49.4 Å². The molecule has 1 aromatic rings. The summed E-state index contributed by atoms with van der Waals surface area (Å²) in [7, 11) is 0. The van der Waals surface area contributed by atoms with Gasteiger partial charge in [0.05, 0.1) is 12.0 Å². The lowest BCUT2D eigenvalue weighted by atomic mass is 9.92. The second kappa shape index (κ2) is 3.66. The van der Waals surface area contributed by atoms with Crippen molar-refractivity contribution in [3.05, 3.63) is 42.0 Å². The molecule has 0 bridgehead atoms. The fourth-order valence-corrected chi connectivity index (χ4v) is 1.48. The third-order valence-corrected chi connectivity index (χ3v) is 2.56. The van der Waals surface area contributed by atoms with E-state index in [1.54, 1.807) is 0 Å². The highest BCUT2D eigenvalue weighted by Crippen LogP contribution is 2.16. The number of rotatable bonds is 2. The van der Waals surface area contributed by atoms with E-state index in [2.05, 4.69) is 5.32 Å². The summed E-state index contributed by atoms with van der Waals surface area (Å²) in [6, 6.07) is 10.3. The Balaban J connectivity index is 1.99. The van der Waals surface area contributed by atoms with E-state index in [0.29, 0.717) is 0 Å². The normalized spacial score (nSPS) is 25.9. The minimum atomic E-state index is 0.120. The molecule has 1 amide bonds. The second-order valence-corrected chi connectivity index (χ2v) is 3.59. The van der Waals surface area contributed by atoms with Crippen LogP contribution in [0.5, 0.6) is 0 Å². The summed E-state index contributed by atoms with van der Waals surface area (Å²) in [5.41, 5.74) is 1.17. The molecule has 2 heteroatoms. The summed E-state index contributed by atoms with van der Waals surface area (Å²) in [5, 5.41) is 2.84. The molecule has 0 aliphatic carbocycles. The maximum atomic E-state index is 10.9. The van der Waals surface area contributed by atoms with Crippen LogP contribution in [0.2, 0.25) is 0 Å². The number of hydrogen-bond donors (Lipinski definition) is 1. The van der Waals surface area contributed by atoms with Crippen molar-refractivity contribution in [1.29, 1.82) is 0 Å². The van der Waals surface area contributed by atoms with Crippen molar-refractivity contribution in [2.75, 3.05) is 0 Å². The van der Waals surface area contributed by atoms with Crippen LogP contribution in [0.15, 0.2) is 36.4 Å². The molecule has 1 heterocycles. The first-order valence-electron chi connectivity index (χ1n) is 4.81. The van der Waals surface area contributed by atoms with Gasteiger partial charge >= 0.3 is 0 Å². The second-order valence-electron chi connectivity index (χ2n) is 3.59. The van der Waals surface area contributed by atoms with Crippen LogP contribution in [0.1, 0.15) is 12.5 Å². The van der Waals surface area contributed by atoms with E-state index in [1.165, 1.54) is 5.56 Å². The van der Waals surface area contributed by atoms with E-state index < -0.39 is 0 Å². The van der Waals surface area contributed by atoms with Crippen LogP contribution < -0.4 is 5.32 Å². The standard InChI is InChI=1S/C12H13NO/c1-9-11(13-12(9)14)8-7-10-5-3-2-4-6-10/h2-9,11H,1H3,(H,13,14)/t9-,11+/m0/s1. The van der Waals surface area contributed by atoms with Crippen LogP contribution >= 0.6 is 0 Å². The van der Waals surface area contributed by atoms with Gasteiger partial charge in [0.25, 0.3) is 0 Å². The maximum absolute atomic E-state index is 10.9. The quantitative estimate of drug-likeness (QED) is 0.703. The van der Waals surface area contributed by atoms with E-state index >= 15 is 0 Å². The summed E-state index contributed by atoms with van der Waals surface area (Å²) < 4.78 is 0. The number of hydrogen-bond acceptors (Lipinski definition) is 1. The van der Waals surface area contributed by atoms with Gasteiger partial charge in [0.2, 0.25) is 5.91 Å². The van der Waals surface area contributed by atoms with Crippen LogP contribution in [0.25, 0.3) is 6.08 Å². The molecular weight excluding hydrogens is 174 g/mol. The lowest BCUT2D eigenvalue weighted by molar-refractivity contribution is -0.132. The highest BCUT2D eigenvalue weighted by Gasteiger charge is 2.32. The number of nitrogens with one attached hydrogen (secondary N) is 1. The smallest absolute Gasteiger partial charge is 0.225 e. The molecule has 0 spiro atoms. The molecule has 1 aromatic carbocycles. The molecule has 72 valence electrons. The van der Waals surface area contributed by atoms with Crippen molar-refractivity contribution in [3.63, 3.8) is 0 Å². The molecule has 1 fully saturated rings. The number of amides is 1. The summed E-state index contributed by atoms with van der Waals surface area (Å²) in [5.74, 6) is 0.266. The molecule has 1 N–H and O–H groups in total. The third-order valence-electron chi connectivity index (χ3n) is 2.56. The molecule has 0 aromatic heterocycles. The van der Waals surface area contributed by atoms with Gasteiger partial charge in [-0.25, -0.2) is 0 Å². The van der Waals surface area contributed by atoms with Crippen LogP contribution in [-0.2, 0) is 4.79 Å². The molecule has 1 saturated heterocycles. The highest BCUT2D eigenvalue weighted by atomic mass is 16.2. The van der Waals surface area contributed by atoms with Gasteiger partial charge in [-0.2, -0.15) is 0 Å². The van der Waals surface area contributed by atoms with Crippen LogP contribution in [-0.4, -0.2) is 11.9 Å². The molecule has 2 atom stereocenters. The first-order chi connectivity index (χ1) is 6.77. The first kappa shape index (κ1) is 9.00. The van der Waals surface area contributed by atoms with Gasteiger partial charge in [-0.1, -0.05) is 49.4 Å². The van der Waals surface area contributed by atoms with Crippen molar-refractivity contribution in [1.82, 2.24) is 5.32 Å². The Morgan fingerprint density at radius 3 is 2.57 bits per heavy atom. The molecule has 0 saturated carbocycles. The minimum absolute atomic E-state index is 0.120. The summed E-state index contributed by atoms with van der Waals surface area (Å²) in [4.78, 5) is 10.9. The van der Waals surface area contributed by atoms with Crippen LogP contribution in [0.3, 0.4) is 0 Å². The lowest BCUT2D eigenvalue weighted by Gasteiger charge is -2.31. The summed E-state index contributed by atoms with van der Waals surface area (Å²) in [6.07, 6.45) is 4.09. The van der Waals surface area contributed by atoms with E-state index in [0.717, 1.165) is 0 Å². The van der Waals surface area contributed by atoms with Crippen molar-refractivity contribution in [2.45, 2.75) is 13.0 Å². The fraction of sp³-hybridized carbons (Fsp3) is 0.250. The predicted octanol–water partition coefficient (Wildman–Crippen LogP) is 1.83. The Hall–Kier alpha value is -1.57. The van der Waals surface area contributed by atoms with Gasteiger partial charge in [-0.05, 0) is 5.56 Å². The zero-order valence-corrected chi connectivity index (χ0v) is 8.10. The SMILES string of the molecule is C[C@@H]1C(=O)N[C@@H]1C=Cc1ccccc1. The molecule has 1 aliphatic heterocycles. The van der Waals surface area contributed by atoms with Gasteiger partial charge in [0.1, 0.15) is 0 Å². The Morgan fingerprint density at radius 2 is 2.00 bits per heavy atom. The molecule has 0 unspecified atom stereocenters. The van der Waals surface area contributed by atoms with Crippen LogP contribution in [0.4, 0.5) is 0 Å². The van der Waals surface area contributed by atoms with Crippen molar-refractivity contribution >= 4 is 12.0 Å². The number of carbonyl (C=O) groups is 1. The largest absolute Gasteiger partial charge is 0.349 e. The monoisotopic (exact) mass is 187 g/mol. The maximum Gasteiger partial charge on any atom is 0.225 e. The molecule has 0 radical (unpaired) electrons. The van der Waals surface area contributed by atoms with Gasteiger partial charge in [-0.3, -0.25) is 4.79 Å². The van der Waals surface area contributed by atoms with Gasteiger partial charge < -0.3 is 5.32 Å². The molecule has 2 nitrogen and oxygen atoms in total. The lowest BCUT2D eigenvalue weighted by Crippen LogP contribution is -2.55. The molecule has 1 aliphatic rings. The Kier molecular flexibility index (Phi) is 2.35. The van der Waals surface area contributed by atoms with Gasteiger partial charge in [0.15, 0.2) is 0 Å². The fourth-order valence-electron chi connectivity index (χ4n) is 1.48. The van der Waals surface area contributed by atoms with E-state index in [-0.39, 0.29) is 17.9 Å². The Labute approximate surface area is 83.6 Å². The van der Waals surface area contributed by atoms with E-state index in [4.69, 9.17) is 0 Å². The third kappa shape index (κ3) is 1.69. The van der Waals surface area contributed by atoms with Crippen molar-refractivity contribution < 1.29 is 4.79 Å². The average molecular weight is 187 g/mol. The summed E-state index contributed by atoms with van der Waals surface area (Å²) in [6.45, 7) is 1.94. The first-order valence-corrected chi connectivity index (χ1v) is 4.81. The van der Waals surface area contributed by atoms with E-state index in [9.17, 15) is 4.79 Å². The van der Waals surface area contributed by atoms with Gasteiger partial charge in [-0.15, -0.1) is 0 Å². The van der Waals surface area contributed by atoms with Crippen LogP contribution in [0, 0.1) is 5.92 Å². The predicted molar refractivity (Wildman–Crippen MR) is 56.6 cm³/mol. The molecule has 14 heavy (non-hydrogen) atoms. The average Bonchev–Trinajstić information content (AvgIpc) is 2.25. The molecular formula is C12H13NO. The number of carbonyl (C=O) groups excluding carboxylic acids is 1. The number of β-lactam (4-membered cyclic amide) rings is 1. The molecule has 2 rings (SSSR count). The zero-order valence-electron chi connectivity index (χ0n) is 8.10.